The van der Waals surface area contributed by atoms with Crippen LogP contribution in [0.15, 0.2) is 12.3 Å². The van der Waals surface area contributed by atoms with E-state index in [-0.39, 0.29) is 16.7 Å². The molecule has 4 rings (SSSR count). The Hall–Kier alpha value is -3.02. The van der Waals surface area contributed by atoms with Crippen molar-refractivity contribution in [3.8, 4) is 17.0 Å². The van der Waals surface area contributed by atoms with Gasteiger partial charge in [-0.15, -0.1) is 0 Å². The number of hydrogen-bond acceptors (Lipinski definition) is 6. The van der Waals surface area contributed by atoms with Gasteiger partial charge in [0.15, 0.2) is 23.0 Å². The Morgan fingerprint density at radius 3 is 2.42 bits per heavy atom. The Labute approximate surface area is 219 Å². The lowest BCUT2D eigenvalue weighted by Crippen LogP contribution is -2.34. The van der Waals surface area contributed by atoms with Gasteiger partial charge < -0.3 is 15.3 Å². The maximum Gasteiger partial charge on any atom is 0.419 e. The number of aromatic hydroxyl groups is 1. The number of aromatic nitrogens is 4. The first-order valence-corrected chi connectivity index (χ1v) is 13.0. The minimum atomic E-state index is -5.13. The smallest absolute Gasteiger partial charge is 0.419 e. The zero-order chi connectivity index (χ0) is 28.0. The van der Waals surface area contributed by atoms with Crippen molar-refractivity contribution in [1.82, 2.24) is 25.1 Å². The molecule has 0 atom stereocenters. The molecule has 1 fully saturated rings. The second-order valence-corrected chi connectivity index (χ2v) is 9.21. The van der Waals surface area contributed by atoms with Gasteiger partial charge in [-0.05, 0) is 25.5 Å². The Balaban J connectivity index is 0.00000195. The molecule has 0 radical (unpaired) electrons. The highest BCUT2D eigenvalue weighted by atomic mass is 19.4. The number of halogens is 5. The average Bonchev–Trinajstić information content (AvgIpc) is 3.24. The summed E-state index contributed by atoms with van der Waals surface area (Å²) in [7, 11) is 3.37. The highest BCUT2D eigenvalue weighted by molar-refractivity contribution is 5.91. The van der Waals surface area contributed by atoms with Gasteiger partial charge in [-0.3, -0.25) is 0 Å². The second-order valence-electron chi connectivity index (χ2n) is 9.21. The van der Waals surface area contributed by atoms with E-state index >= 15 is 0 Å². The van der Waals surface area contributed by atoms with Crippen LogP contribution in [0.3, 0.4) is 0 Å². The van der Waals surface area contributed by atoms with Crippen molar-refractivity contribution in [2.24, 2.45) is 13.0 Å². The standard InChI is InChI=1S/C24H29F5N6O.C2H6/c1-30-9-11-35(10-8-14-6-4-3-5-7-14)23-31-13-16-20(33-34(2)22(16)32-23)15-12-17(24(27,28)29)19(26)21(36)18(15)25;1-2/h12-14,30,36H,3-11H2,1-2H3;1-2H3. The van der Waals surface area contributed by atoms with E-state index in [0.717, 1.165) is 13.0 Å². The molecule has 0 amide bonds. The molecular weight excluding hydrogens is 507 g/mol. The summed E-state index contributed by atoms with van der Waals surface area (Å²) in [6.07, 6.45) is 3.42. The highest BCUT2D eigenvalue weighted by Gasteiger charge is 2.38. The van der Waals surface area contributed by atoms with Crippen molar-refractivity contribution >= 4 is 17.0 Å². The van der Waals surface area contributed by atoms with Crippen LogP contribution in [0.1, 0.15) is 57.9 Å². The Morgan fingerprint density at radius 2 is 1.79 bits per heavy atom. The molecule has 2 aromatic heterocycles. The first-order chi connectivity index (χ1) is 18.1. The van der Waals surface area contributed by atoms with E-state index in [0.29, 0.717) is 31.0 Å². The van der Waals surface area contributed by atoms with E-state index in [1.165, 1.54) is 50.0 Å². The average molecular weight is 543 g/mol. The third-order valence-corrected chi connectivity index (χ3v) is 6.75. The largest absolute Gasteiger partial charge is 0.503 e. The first kappa shape index (κ1) is 29.5. The molecule has 0 spiro atoms. The zero-order valence-electron chi connectivity index (χ0n) is 22.2. The fourth-order valence-electron chi connectivity index (χ4n) is 4.75. The normalized spacial score (nSPS) is 14.4. The van der Waals surface area contributed by atoms with Crippen molar-refractivity contribution in [2.75, 3.05) is 31.6 Å². The van der Waals surface area contributed by atoms with Gasteiger partial charge in [-0.1, -0.05) is 46.0 Å². The van der Waals surface area contributed by atoms with E-state index in [1.54, 1.807) is 0 Å². The van der Waals surface area contributed by atoms with Crippen LogP contribution < -0.4 is 10.2 Å². The van der Waals surface area contributed by atoms with Gasteiger partial charge in [0.05, 0.1) is 10.9 Å². The number of benzene rings is 1. The number of phenolic OH excluding ortho intramolecular Hbond substituents is 1. The monoisotopic (exact) mass is 542 g/mol. The predicted molar refractivity (Wildman–Crippen MR) is 137 cm³/mol. The van der Waals surface area contributed by atoms with Crippen molar-refractivity contribution in [3.63, 3.8) is 0 Å². The second kappa shape index (κ2) is 12.7. The lowest BCUT2D eigenvalue weighted by atomic mass is 9.87. The molecule has 1 aliphatic rings. The molecular formula is C26H35F5N6O. The molecule has 38 heavy (non-hydrogen) atoms. The highest BCUT2D eigenvalue weighted by Crippen LogP contribution is 2.41. The third kappa shape index (κ3) is 6.33. The summed E-state index contributed by atoms with van der Waals surface area (Å²) in [6, 6.07) is 0.309. The van der Waals surface area contributed by atoms with E-state index in [2.05, 4.69) is 20.4 Å². The number of aryl methyl sites for hydroxylation is 1. The molecule has 0 bridgehead atoms. The molecule has 2 heterocycles. The summed E-state index contributed by atoms with van der Waals surface area (Å²) in [5.41, 5.74) is -2.42. The predicted octanol–water partition coefficient (Wildman–Crippen LogP) is 6.06. The number of alkyl halides is 3. The van der Waals surface area contributed by atoms with Gasteiger partial charge in [0.2, 0.25) is 5.95 Å². The molecule has 1 aromatic carbocycles. The summed E-state index contributed by atoms with van der Waals surface area (Å²) in [6.45, 7) is 6.09. The molecule has 7 nitrogen and oxygen atoms in total. The van der Waals surface area contributed by atoms with Gasteiger partial charge in [0.25, 0.3) is 0 Å². The molecule has 210 valence electrons. The number of hydrogen-bond donors (Lipinski definition) is 2. The van der Waals surface area contributed by atoms with Crippen LogP contribution in [0.4, 0.5) is 27.9 Å². The van der Waals surface area contributed by atoms with Gasteiger partial charge >= 0.3 is 6.18 Å². The number of rotatable bonds is 8. The summed E-state index contributed by atoms with van der Waals surface area (Å²) >= 11 is 0. The summed E-state index contributed by atoms with van der Waals surface area (Å²) in [5.74, 6) is -4.23. The van der Waals surface area contributed by atoms with Crippen molar-refractivity contribution in [3.05, 3.63) is 29.5 Å². The van der Waals surface area contributed by atoms with Crippen LogP contribution >= 0.6 is 0 Å². The van der Waals surface area contributed by atoms with Gasteiger partial charge in [-0.25, -0.2) is 18.4 Å². The van der Waals surface area contributed by atoms with Crippen LogP contribution in [-0.4, -0.2) is 51.5 Å². The van der Waals surface area contributed by atoms with Crippen LogP contribution in [0.5, 0.6) is 5.75 Å². The zero-order valence-corrected chi connectivity index (χ0v) is 22.2. The summed E-state index contributed by atoms with van der Waals surface area (Å²) in [4.78, 5) is 11.0. The van der Waals surface area contributed by atoms with Gasteiger partial charge in [0, 0.05) is 38.4 Å². The quantitative estimate of drug-likeness (QED) is 0.337. The van der Waals surface area contributed by atoms with E-state index in [9.17, 15) is 27.1 Å². The van der Waals surface area contributed by atoms with Crippen LogP contribution in [-0.2, 0) is 13.2 Å². The number of likely N-dealkylation sites (N-methyl/N-ethyl adjacent to an activating group) is 1. The fourth-order valence-corrected chi connectivity index (χ4v) is 4.75. The molecule has 12 heteroatoms. The molecule has 1 saturated carbocycles. The molecule has 2 N–H and O–H groups in total. The van der Waals surface area contributed by atoms with E-state index < -0.39 is 34.7 Å². The van der Waals surface area contributed by atoms with Crippen molar-refractivity contribution in [1.29, 1.82) is 0 Å². The molecule has 3 aromatic rings. The Kier molecular flexibility index (Phi) is 9.86. The lowest BCUT2D eigenvalue weighted by Gasteiger charge is -2.27. The maximum atomic E-state index is 14.7. The van der Waals surface area contributed by atoms with E-state index in [4.69, 9.17) is 0 Å². The number of fused-ring (bicyclic) bond motifs is 1. The lowest BCUT2D eigenvalue weighted by molar-refractivity contribution is -0.140. The summed E-state index contributed by atoms with van der Waals surface area (Å²) < 4.78 is 69.8. The topological polar surface area (TPSA) is 79.1 Å². The van der Waals surface area contributed by atoms with E-state index in [1.807, 2.05) is 25.8 Å². The Bertz CT molecular complexity index is 1220. The minimum Gasteiger partial charge on any atom is -0.503 e. The van der Waals surface area contributed by atoms with Gasteiger partial charge in [-0.2, -0.15) is 23.3 Å². The van der Waals surface area contributed by atoms with Crippen LogP contribution in [0, 0.1) is 17.6 Å². The number of nitrogens with zero attached hydrogens (tertiary/aromatic N) is 5. The van der Waals surface area contributed by atoms with Gasteiger partial charge in [0.1, 0.15) is 5.69 Å². The minimum absolute atomic E-state index is 0.181. The third-order valence-electron chi connectivity index (χ3n) is 6.75. The molecule has 0 unspecified atom stereocenters. The fraction of sp³-hybridized carbons (Fsp3) is 0.577. The van der Waals surface area contributed by atoms with Crippen molar-refractivity contribution in [2.45, 2.75) is 58.5 Å². The molecule has 0 aliphatic heterocycles. The molecule has 0 saturated heterocycles. The molecule has 1 aliphatic carbocycles. The van der Waals surface area contributed by atoms with Crippen LogP contribution in [0.25, 0.3) is 22.3 Å². The number of phenols is 1. The van der Waals surface area contributed by atoms with Crippen molar-refractivity contribution < 1.29 is 27.1 Å². The first-order valence-electron chi connectivity index (χ1n) is 13.0. The number of anilines is 1. The number of nitrogens with one attached hydrogen (secondary N) is 1. The SMILES string of the molecule is CC.CNCCN(CCC1CCCCC1)c1ncc2c(-c3cc(C(F)(F)F)c(F)c(O)c3F)nn(C)c2n1. The maximum absolute atomic E-state index is 14.7. The Morgan fingerprint density at radius 1 is 1.11 bits per heavy atom. The van der Waals surface area contributed by atoms with Crippen LogP contribution in [0.2, 0.25) is 0 Å². The summed E-state index contributed by atoms with van der Waals surface area (Å²) in [5, 5.41) is 17.1.